The lowest BCUT2D eigenvalue weighted by molar-refractivity contribution is 0.146. The average molecular weight is 272 g/mol. The number of pyridine rings is 1. The summed E-state index contributed by atoms with van der Waals surface area (Å²) in [5, 5.41) is 8.78. The van der Waals surface area contributed by atoms with E-state index in [0.29, 0.717) is 4.47 Å². The van der Waals surface area contributed by atoms with Crippen LogP contribution in [0.1, 0.15) is 17.7 Å². The van der Waals surface area contributed by atoms with Crippen LogP contribution in [0, 0.1) is 0 Å². The lowest BCUT2D eigenvalue weighted by Gasteiger charge is -2.06. The van der Waals surface area contributed by atoms with Crippen LogP contribution in [0.5, 0.6) is 0 Å². The maximum absolute atomic E-state index is 12.3. The molecular weight excluding hydrogens is 267 g/mol. The van der Waals surface area contributed by atoms with Crippen molar-refractivity contribution in [1.29, 1.82) is 0 Å². The maximum atomic E-state index is 12.3. The third-order valence-corrected chi connectivity index (χ3v) is 2.55. The van der Waals surface area contributed by atoms with Gasteiger partial charge in [-0.3, -0.25) is 0 Å². The lowest BCUT2D eigenvalue weighted by atomic mass is 10.2. The predicted molar refractivity (Wildman–Crippen MR) is 47.8 cm³/mol. The molecule has 72 valence electrons. The van der Waals surface area contributed by atoms with Gasteiger partial charge >= 0.3 is 0 Å². The number of aromatic nitrogens is 1. The van der Waals surface area contributed by atoms with Crippen molar-refractivity contribution < 1.29 is 13.9 Å². The SMILES string of the molecule is OCc1nc(Cl)c(Br)cc1C(F)F. The molecule has 0 aromatic carbocycles. The molecule has 0 saturated carbocycles. The van der Waals surface area contributed by atoms with Crippen LogP contribution >= 0.6 is 27.5 Å². The van der Waals surface area contributed by atoms with Crippen LogP contribution in [0.3, 0.4) is 0 Å². The van der Waals surface area contributed by atoms with Gasteiger partial charge in [0.2, 0.25) is 0 Å². The number of hydrogen-bond donors (Lipinski definition) is 1. The summed E-state index contributed by atoms with van der Waals surface area (Å²) in [6.45, 7) is -0.549. The van der Waals surface area contributed by atoms with Crippen LogP contribution < -0.4 is 0 Å². The number of halogens is 4. The van der Waals surface area contributed by atoms with Crippen LogP contribution in [-0.2, 0) is 6.61 Å². The molecule has 0 fully saturated rings. The van der Waals surface area contributed by atoms with Crippen molar-refractivity contribution in [2.45, 2.75) is 13.0 Å². The first-order valence-corrected chi connectivity index (χ1v) is 4.47. The van der Waals surface area contributed by atoms with Crippen molar-refractivity contribution in [2.24, 2.45) is 0 Å². The monoisotopic (exact) mass is 271 g/mol. The van der Waals surface area contributed by atoms with E-state index in [0.717, 1.165) is 6.07 Å². The Labute approximate surface area is 86.7 Å². The molecule has 0 atom stereocenters. The van der Waals surface area contributed by atoms with E-state index in [-0.39, 0.29) is 16.4 Å². The average Bonchev–Trinajstić information content (AvgIpc) is 2.08. The first kappa shape index (κ1) is 10.8. The molecule has 0 bridgehead atoms. The van der Waals surface area contributed by atoms with E-state index in [1.165, 1.54) is 0 Å². The first-order chi connectivity index (χ1) is 6.06. The molecule has 0 aliphatic heterocycles. The Morgan fingerprint density at radius 2 is 2.23 bits per heavy atom. The van der Waals surface area contributed by atoms with E-state index in [1.54, 1.807) is 0 Å². The molecule has 1 N–H and O–H groups in total. The van der Waals surface area contributed by atoms with E-state index in [1.807, 2.05) is 0 Å². The van der Waals surface area contributed by atoms with Gasteiger partial charge in [0.15, 0.2) is 0 Å². The van der Waals surface area contributed by atoms with Crippen molar-refractivity contribution >= 4 is 27.5 Å². The van der Waals surface area contributed by atoms with Gasteiger partial charge in [0.25, 0.3) is 6.43 Å². The van der Waals surface area contributed by atoms with Crippen molar-refractivity contribution in [3.8, 4) is 0 Å². The normalized spacial score (nSPS) is 10.9. The molecule has 0 aliphatic rings. The molecule has 0 saturated heterocycles. The number of nitrogens with zero attached hydrogens (tertiary/aromatic N) is 1. The van der Waals surface area contributed by atoms with E-state index in [4.69, 9.17) is 16.7 Å². The van der Waals surface area contributed by atoms with Crippen molar-refractivity contribution in [3.63, 3.8) is 0 Å². The van der Waals surface area contributed by atoms with Crippen molar-refractivity contribution in [1.82, 2.24) is 4.98 Å². The fraction of sp³-hybridized carbons (Fsp3) is 0.286. The van der Waals surface area contributed by atoms with Crippen molar-refractivity contribution in [3.05, 3.63) is 26.9 Å². The highest BCUT2D eigenvalue weighted by Crippen LogP contribution is 2.29. The van der Waals surface area contributed by atoms with Crippen LogP contribution in [0.2, 0.25) is 5.15 Å². The fourth-order valence-corrected chi connectivity index (χ4v) is 1.32. The number of rotatable bonds is 2. The molecule has 0 spiro atoms. The van der Waals surface area contributed by atoms with Crippen LogP contribution in [0.15, 0.2) is 10.5 Å². The summed E-state index contributed by atoms with van der Waals surface area (Å²) in [7, 11) is 0. The summed E-state index contributed by atoms with van der Waals surface area (Å²) in [6, 6.07) is 1.16. The summed E-state index contributed by atoms with van der Waals surface area (Å²) in [5.74, 6) is 0. The third kappa shape index (κ3) is 2.36. The summed E-state index contributed by atoms with van der Waals surface area (Å²) >= 11 is 8.52. The highest BCUT2D eigenvalue weighted by Gasteiger charge is 2.16. The molecule has 0 amide bonds. The van der Waals surface area contributed by atoms with E-state index in [2.05, 4.69) is 20.9 Å². The molecule has 1 aromatic heterocycles. The zero-order chi connectivity index (χ0) is 10.0. The smallest absolute Gasteiger partial charge is 0.265 e. The minimum atomic E-state index is -2.66. The minimum absolute atomic E-state index is 0.0634. The largest absolute Gasteiger partial charge is 0.390 e. The standard InChI is InChI=1S/C7H5BrClF2NO/c8-4-1-3(7(10)11)5(2-13)12-6(4)9/h1,7,13H,2H2. The molecule has 6 heteroatoms. The summed E-state index contributed by atoms with van der Waals surface area (Å²) in [4.78, 5) is 3.60. The van der Waals surface area contributed by atoms with Gasteiger partial charge in [0.05, 0.1) is 16.8 Å². The highest BCUT2D eigenvalue weighted by atomic mass is 79.9. The molecule has 0 aliphatic carbocycles. The van der Waals surface area contributed by atoms with Crippen LogP contribution in [0.4, 0.5) is 8.78 Å². The zero-order valence-corrected chi connectivity index (χ0v) is 8.61. The van der Waals surface area contributed by atoms with Gasteiger partial charge < -0.3 is 5.11 Å². The van der Waals surface area contributed by atoms with Gasteiger partial charge in [0, 0.05) is 5.56 Å². The molecular formula is C7H5BrClF2NO. The second kappa shape index (κ2) is 4.30. The lowest BCUT2D eigenvalue weighted by Crippen LogP contribution is -1.99. The highest BCUT2D eigenvalue weighted by molar-refractivity contribution is 9.10. The Hall–Kier alpha value is -0.260. The second-order valence-electron chi connectivity index (χ2n) is 2.26. The Morgan fingerprint density at radius 1 is 1.62 bits per heavy atom. The second-order valence-corrected chi connectivity index (χ2v) is 3.47. The van der Waals surface area contributed by atoms with Gasteiger partial charge in [-0.25, -0.2) is 13.8 Å². The Morgan fingerprint density at radius 3 is 2.69 bits per heavy atom. The number of hydrogen-bond acceptors (Lipinski definition) is 2. The van der Waals surface area contributed by atoms with E-state index in [9.17, 15) is 8.78 Å². The number of aliphatic hydroxyl groups is 1. The Kier molecular flexibility index (Phi) is 3.58. The Balaban J connectivity index is 3.25. The van der Waals surface area contributed by atoms with Gasteiger partial charge in [0.1, 0.15) is 5.15 Å². The first-order valence-electron chi connectivity index (χ1n) is 3.30. The van der Waals surface area contributed by atoms with Gasteiger partial charge in [-0.1, -0.05) is 11.6 Å². The third-order valence-electron chi connectivity index (χ3n) is 1.43. The van der Waals surface area contributed by atoms with Gasteiger partial charge in [-0.15, -0.1) is 0 Å². The van der Waals surface area contributed by atoms with Crippen LogP contribution in [-0.4, -0.2) is 10.1 Å². The van der Waals surface area contributed by atoms with E-state index < -0.39 is 13.0 Å². The topological polar surface area (TPSA) is 33.1 Å². The molecule has 0 radical (unpaired) electrons. The summed E-state index contributed by atoms with van der Waals surface area (Å²) in [5.41, 5.74) is -0.401. The molecule has 13 heavy (non-hydrogen) atoms. The minimum Gasteiger partial charge on any atom is -0.390 e. The van der Waals surface area contributed by atoms with Crippen LogP contribution in [0.25, 0.3) is 0 Å². The van der Waals surface area contributed by atoms with E-state index >= 15 is 0 Å². The summed E-state index contributed by atoms with van der Waals surface area (Å²) < 4.78 is 24.9. The quantitative estimate of drug-likeness (QED) is 0.840. The fourth-order valence-electron chi connectivity index (χ4n) is 0.831. The molecule has 1 rings (SSSR count). The Bertz CT molecular complexity index is 322. The van der Waals surface area contributed by atoms with Gasteiger partial charge in [-0.2, -0.15) is 0 Å². The number of alkyl halides is 2. The zero-order valence-electron chi connectivity index (χ0n) is 6.27. The maximum Gasteiger partial charge on any atom is 0.265 e. The summed E-state index contributed by atoms with van der Waals surface area (Å²) in [6.07, 6.45) is -2.66. The molecule has 1 heterocycles. The molecule has 1 aromatic rings. The number of aliphatic hydroxyl groups excluding tert-OH is 1. The molecule has 0 unspecified atom stereocenters. The molecule has 2 nitrogen and oxygen atoms in total. The van der Waals surface area contributed by atoms with Crippen molar-refractivity contribution in [2.75, 3.05) is 0 Å². The van der Waals surface area contributed by atoms with Gasteiger partial charge in [-0.05, 0) is 22.0 Å². The predicted octanol–water partition coefficient (Wildman–Crippen LogP) is 2.93.